The minimum Gasteiger partial charge on any atom is -0.349 e. The highest BCUT2D eigenvalue weighted by Crippen LogP contribution is 2.27. The molecule has 0 aromatic heterocycles. The van der Waals surface area contributed by atoms with Crippen LogP contribution in [-0.2, 0) is 4.79 Å². The SMILES string of the molecule is O=C(NC1CCCCC1)c1cc(NC(=O)C2CCCC2)ccc1Cl. The summed E-state index contributed by atoms with van der Waals surface area (Å²) in [6.45, 7) is 0. The predicted molar refractivity (Wildman–Crippen MR) is 96.4 cm³/mol. The summed E-state index contributed by atoms with van der Waals surface area (Å²) in [7, 11) is 0. The third-order valence-electron chi connectivity index (χ3n) is 5.14. The molecule has 0 saturated heterocycles. The maximum atomic E-state index is 12.5. The second-order valence-corrected chi connectivity index (χ2v) is 7.38. The number of rotatable bonds is 4. The Morgan fingerprint density at radius 1 is 0.958 bits per heavy atom. The Hall–Kier alpha value is -1.55. The number of carbonyl (C=O) groups excluding carboxylic acids is 2. The predicted octanol–water partition coefficient (Wildman–Crippen LogP) is 4.53. The topological polar surface area (TPSA) is 58.2 Å². The van der Waals surface area contributed by atoms with Gasteiger partial charge in [-0.1, -0.05) is 43.7 Å². The highest BCUT2D eigenvalue weighted by molar-refractivity contribution is 6.34. The molecule has 0 unspecified atom stereocenters. The van der Waals surface area contributed by atoms with E-state index in [4.69, 9.17) is 11.6 Å². The average molecular weight is 349 g/mol. The first-order valence-corrected chi connectivity index (χ1v) is 9.42. The van der Waals surface area contributed by atoms with Crippen molar-refractivity contribution < 1.29 is 9.59 Å². The quantitative estimate of drug-likeness (QED) is 0.839. The van der Waals surface area contributed by atoms with Crippen LogP contribution in [0.3, 0.4) is 0 Å². The lowest BCUT2D eigenvalue weighted by Crippen LogP contribution is -2.36. The van der Waals surface area contributed by atoms with Crippen LogP contribution in [0.25, 0.3) is 0 Å². The molecule has 2 fully saturated rings. The second kappa shape index (κ2) is 8.02. The van der Waals surface area contributed by atoms with Crippen LogP contribution in [0, 0.1) is 5.92 Å². The van der Waals surface area contributed by atoms with Gasteiger partial charge in [0, 0.05) is 17.6 Å². The van der Waals surface area contributed by atoms with Crippen molar-refractivity contribution in [2.45, 2.75) is 63.8 Å². The molecule has 24 heavy (non-hydrogen) atoms. The number of hydrogen-bond acceptors (Lipinski definition) is 2. The van der Waals surface area contributed by atoms with Crippen LogP contribution >= 0.6 is 11.6 Å². The molecule has 0 spiro atoms. The number of carbonyl (C=O) groups is 2. The standard InChI is InChI=1S/C19H25ClN2O2/c20-17-11-10-15(22-18(23)13-6-4-5-7-13)12-16(17)19(24)21-14-8-2-1-3-9-14/h10-14H,1-9H2,(H,21,24)(H,22,23). The molecule has 2 aliphatic rings. The summed E-state index contributed by atoms with van der Waals surface area (Å²) in [6.07, 6.45) is 9.77. The first-order valence-electron chi connectivity index (χ1n) is 9.05. The molecular weight excluding hydrogens is 324 g/mol. The molecule has 0 radical (unpaired) electrons. The molecule has 0 bridgehead atoms. The van der Waals surface area contributed by atoms with E-state index in [9.17, 15) is 9.59 Å². The van der Waals surface area contributed by atoms with E-state index in [0.29, 0.717) is 16.3 Å². The lowest BCUT2D eigenvalue weighted by atomic mass is 9.95. The fourth-order valence-electron chi connectivity index (χ4n) is 3.72. The molecule has 0 atom stereocenters. The summed E-state index contributed by atoms with van der Waals surface area (Å²) in [5, 5.41) is 6.43. The van der Waals surface area contributed by atoms with Gasteiger partial charge in [0.1, 0.15) is 0 Å². The summed E-state index contributed by atoms with van der Waals surface area (Å²) in [5.74, 6) is -0.00230. The van der Waals surface area contributed by atoms with Gasteiger partial charge < -0.3 is 10.6 Å². The van der Waals surface area contributed by atoms with E-state index in [1.165, 1.54) is 6.42 Å². The Balaban J connectivity index is 1.66. The molecule has 2 amide bonds. The third kappa shape index (κ3) is 4.29. The van der Waals surface area contributed by atoms with Crippen molar-refractivity contribution >= 4 is 29.1 Å². The second-order valence-electron chi connectivity index (χ2n) is 6.97. The highest BCUT2D eigenvalue weighted by atomic mass is 35.5. The molecule has 0 heterocycles. The fourth-order valence-corrected chi connectivity index (χ4v) is 3.92. The maximum Gasteiger partial charge on any atom is 0.253 e. The fraction of sp³-hybridized carbons (Fsp3) is 0.579. The minimum atomic E-state index is -0.149. The minimum absolute atomic E-state index is 0.0495. The van der Waals surface area contributed by atoms with Crippen LogP contribution in [0.1, 0.15) is 68.1 Å². The van der Waals surface area contributed by atoms with Gasteiger partial charge in [-0.25, -0.2) is 0 Å². The zero-order valence-electron chi connectivity index (χ0n) is 13.9. The largest absolute Gasteiger partial charge is 0.349 e. The first kappa shape index (κ1) is 17.3. The highest BCUT2D eigenvalue weighted by Gasteiger charge is 2.23. The monoisotopic (exact) mass is 348 g/mol. The van der Waals surface area contributed by atoms with Gasteiger partial charge in [-0.15, -0.1) is 0 Å². The molecule has 2 saturated carbocycles. The summed E-state index contributed by atoms with van der Waals surface area (Å²) in [5.41, 5.74) is 1.08. The number of amides is 2. The molecule has 0 aliphatic heterocycles. The molecule has 1 aromatic rings. The Bertz CT molecular complexity index is 605. The van der Waals surface area contributed by atoms with Gasteiger partial charge in [0.25, 0.3) is 5.91 Å². The normalized spacial score (nSPS) is 19.2. The zero-order chi connectivity index (χ0) is 16.9. The van der Waals surface area contributed by atoms with Crippen molar-refractivity contribution in [1.29, 1.82) is 0 Å². The van der Waals surface area contributed by atoms with Gasteiger partial charge in [-0.3, -0.25) is 9.59 Å². The van der Waals surface area contributed by atoms with Gasteiger partial charge in [-0.2, -0.15) is 0 Å². The van der Waals surface area contributed by atoms with Crippen molar-refractivity contribution in [2.24, 2.45) is 5.92 Å². The summed E-state index contributed by atoms with van der Waals surface area (Å²) in [6, 6.07) is 5.36. The Labute approximate surface area is 148 Å². The molecule has 4 nitrogen and oxygen atoms in total. The van der Waals surface area contributed by atoms with Gasteiger partial charge in [0.2, 0.25) is 5.91 Å². The van der Waals surface area contributed by atoms with Gasteiger partial charge >= 0.3 is 0 Å². The number of benzene rings is 1. The van der Waals surface area contributed by atoms with Crippen LogP contribution in [-0.4, -0.2) is 17.9 Å². The Morgan fingerprint density at radius 2 is 1.62 bits per heavy atom. The van der Waals surface area contributed by atoms with Crippen LogP contribution in [0.5, 0.6) is 0 Å². The summed E-state index contributed by atoms with van der Waals surface area (Å²) in [4.78, 5) is 24.8. The van der Waals surface area contributed by atoms with Crippen molar-refractivity contribution in [3.8, 4) is 0 Å². The van der Waals surface area contributed by atoms with Crippen molar-refractivity contribution in [1.82, 2.24) is 5.32 Å². The molecule has 5 heteroatoms. The lowest BCUT2D eigenvalue weighted by Gasteiger charge is -2.23. The van der Waals surface area contributed by atoms with Crippen LogP contribution in [0.15, 0.2) is 18.2 Å². The average Bonchev–Trinajstić information content (AvgIpc) is 3.12. The van der Waals surface area contributed by atoms with Gasteiger partial charge in [0.15, 0.2) is 0 Å². The van der Waals surface area contributed by atoms with Crippen LogP contribution in [0.4, 0.5) is 5.69 Å². The van der Waals surface area contributed by atoms with Crippen LogP contribution in [0.2, 0.25) is 5.02 Å². The van der Waals surface area contributed by atoms with Gasteiger partial charge in [-0.05, 0) is 43.9 Å². The first-order chi connectivity index (χ1) is 11.6. The Kier molecular flexibility index (Phi) is 5.77. The van der Waals surface area contributed by atoms with E-state index in [1.54, 1.807) is 18.2 Å². The number of nitrogens with one attached hydrogen (secondary N) is 2. The Morgan fingerprint density at radius 3 is 2.33 bits per heavy atom. The van der Waals surface area contributed by atoms with Crippen molar-refractivity contribution in [3.05, 3.63) is 28.8 Å². The summed E-state index contributed by atoms with van der Waals surface area (Å²) < 4.78 is 0. The number of hydrogen-bond donors (Lipinski definition) is 2. The number of halogens is 1. The molecule has 3 rings (SSSR count). The maximum absolute atomic E-state index is 12.5. The molecule has 130 valence electrons. The van der Waals surface area contributed by atoms with Crippen LogP contribution < -0.4 is 10.6 Å². The lowest BCUT2D eigenvalue weighted by molar-refractivity contribution is -0.119. The molecular formula is C19H25ClN2O2. The van der Waals surface area contributed by atoms with E-state index in [-0.39, 0.29) is 23.8 Å². The van der Waals surface area contributed by atoms with E-state index in [1.807, 2.05) is 0 Å². The molecule has 2 N–H and O–H groups in total. The zero-order valence-corrected chi connectivity index (χ0v) is 14.7. The van der Waals surface area contributed by atoms with Gasteiger partial charge in [0.05, 0.1) is 10.6 Å². The van der Waals surface area contributed by atoms with E-state index < -0.39 is 0 Å². The van der Waals surface area contributed by atoms with Crippen molar-refractivity contribution in [3.63, 3.8) is 0 Å². The van der Waals surface area contributed by atoms with E-state index >= 15 is 0 Å². The number of anilines is 1. The molecule has 2 aliphatic carbocycles. The third-order valence-corrected chi connectivity index (χ3v) is 5.47. The smallest absolute Gasteiger partial charge is 0.253 e. The van der Waals surface area contributed by atoms with Crippen molar-refractivity contribution in [2.75, 3.05) is 5.32 Å². The summed E-state index contributed by atoms with van der Waals surface area (Å²) >= 11 is 6.20. The molecule has 1 aromatic carbocycles. The van der Waals surface area contributed by atoms with E-state index in [0.717, 1.165) is 51.4 Å². The van der Waals surface area contributed by atoms with E-state index in [2.05, 4.69) is 10.6 Å².